The Bertz CT molecular complexity index is 778. The summed E-state index contributed by atoms with van der Waals surface area (Å²) in [5, 5.41) is 5.12. The summed E-state index contributed by atoms with van der Waals surface area (Å²) in [5.41, 5.74) is 1.86. The van der Waals surface area contributed by atoms with E-state index in [9.17, 15) is 14.4 Å². The molecule has 24 heavy (non-hydrogen) atoms. The second kappa shape index (κ2) is 6.97. The Morgan fingerprint density at radius 1 is 1.21 bits per heavy atom. The lowest BCUT2D eigenvalue weighted by atomic mass is 10.0. The molecule has 1 aromatic carbocycles. The topological polar surface area (TPSA) is 72.5 Å². The number of Topliss-reactive ketones (excluding diaryl/α,β-unsaturated/α-hetero) is 1. The van der Waals surface area contributed by atoms with Gasteiger partial charge in [0.1, 0.15) is 17.2 Å². The number of ether oxygens (including phenoxy) is 1. The van der Waals surface area contributed by atoms with Crippen molar-refractivity contribution in [3.8, 4) is 11.1 Å². The summed E-state index contributed by atoms with van der Waals surface area (Å²) in [6.07, 6.45) is 1.76. The van der Waals surface area contributed by atoms with Crippen LogP contribution in [-0.4, -0.2) is 24.3 Å². The van der Waals surface area contributed by atoms with Gasteiger partial charge in [-0.2, -0.15) is 0 Å². The maximum absolute atomic E-state index is 12.5. The number of esters is 1. The normalized spacial score (nSPS) is 13.4. The van der Waals surface area contributed by atoms with Crippen molar-refractivity contribution in [3.05, 3.63) is 41.3 Å². The fourth-order valence-corrected chi connectivity index (χ4v) is 3.24. The number of carbonyl (C=O) groups is 3. The number of amides is 1. The van der Waals surface area contributed by atoms with Crippen LogP contribution in [0.4, 0.5) is 5.00 Å². The third-order valence-corrected chi connectivity index (χ3v) is 4.57. The molecule has 1 N–H and O–H groups in total. The van der Waals surface area contributed by atoms with Crippen molar-refractivity contribution >= 4 is 34.0 Å². The van der Waals surface area contributed by atoms with E-state index in [0.717, 1.165) is 18.4 Å². The first-order valence-electron chi connectivity index (χ1n) is 7.70. The van der Waals surface area contributed by atoms with Crippen molar-refractivity contribution < 1.29 is 19.1 Å². The molecule has 6 heteroatoms. The molecule has 0 atom stereocenters. The predicted octanol–water partition coefficient (Wildman–Crippen LogP) is 3.51. The molecule has 1 aliphatic rings. The van der Waals surface area contributed by atoms with Gasteiger partial charge in [-0.3, -0.25) is 9.59 Å². The highest BCUT2D eigenvalue weighted by atomic mass is 32.1. The van der Waals surface area contributed by atoms with E-state index in [1.165, 1.54) is 18.3 Å². The predicted molar refractivity (Wildman–Crippen MR) is 92.1 cm³/mol. The number of ketones is 1. The van der Waals surface area contributed by atoms with Crippen molar-refractivity contribution in [3.63, 3.8) is 0 Å². The van der Waals surface area contributed by atoms with E-state index in [-0.39, 0.29) is 24.2 Å². The lowest BCUT2D eigenvalue weighted by Crippen LogP contribution is -2.17. The monoisotopic (exact) mass is 343 g/mol. The van der Waals surface area contributed by atoms with Gasteiger partial charge in [0.25, 0.3) is 0 Å². The highest BCUT2D eigenvalue weighted by Crippen LogP contribution is 2.38. The molecule has 0 radical (unpaired) electrons. The average molecular weight is 343 g/mol. The van der Waals surface area contributed by atoms with Gasteiger partial charge in [-0.05, 0) is 25.3 Å². The molecule has 1 aliphatic carbocycles. The Balaban J connectivity index is 1.93. The Hall–Kier alpha value is -2.47. The summed E-state index contributed by atoms with van der Waals surface area (Å²) in [4.78, 5) is 35.6. The molecule has 1 fully saturated rings. The Labute approximate surface area is 143 Å². The third-order valence-electron chi connectivity index (χ3n) is 3.67. The zero-order chi connectivity index (χ0) is 17.1. The lowest BCUT2D eigenvalue weighted by Gasteiger charge is -2.08. The minimum Gasteiger partial charge on any atom is -0.454 e. The van der Waals surface area contributed by atoms with Crippen LogP contribution in [0.1, 0.15) is 30.1 Å². The lowest BCUT2D eigenvalue weighted by molar-refractivity contribution is -0.120. The van der Waals surface area contributed by atoms with Crippen LogP contribution in [0.3, 0.4) is 0 Å². The summed E-state index contributed by atoms with van der Waals surface area (Å²) in [5.74, 6) is -0.870. The van der Waals surface area contributed by atoms with E-state index in [1.807, 2.05) is 35.7 Å². The van der Waals surface area contributed by atoms with Gasteiger partial charge in [0.2, 0.25) is 5.91 Å². The number of thiophene rings is 1. The molecular weight excluding hydrogens is 326 g/mol. The van der Waals surface area contributed by atoms with Gasteiger partial charge in [-0.15, -0.1) is 11.3 Å². The van der Waals surface area contributed by atoms with Gasteiger partial charge in [-0.25, -0.2) is 4.79 Å². The molecule has 2 aromatic rings. The van der Waals surface area contributed by atoms with Crippen molar-refractivity contribution in [2.45, 2.75) is 19.8 Å². The van der Waals surface area contributed by atoms with Gasteiger partial charge in [0.15, 0.2) is 5.78 Å². The van der Waals surface area contributed by atoms with Crippen LogP contribution in [-0.2, 0) is 14.3 Å². The Morgan fingerprint density at radius 2 is 1.92 bits per heavy atom. The zero-order valence-corrected chi connectivity index (χ0v) is 14.0. The zero-order valence-electron chi connectivity index (χ0n) is 13.2. The van der Waals surface area contributed by atoms with Crippen molar-refractivity contribution in [2.24, 2.45) is 5.92 Å². The van der Waals surface area contributed by atoms with Crippen molar-refractivity contribution in [1.29, 1.82) is 0 Å². The molecule has 0 aliphatic heterocycles. The standard InChI is InChI=1S/C18H17NO4S/c1-11(20)9-23-18(22)15-14(12-5-3-2-4-6-12)10-24-17(15)19-16(21)13-7-8-13/h2-6,10,13H,7-9H2,1H3,(H,19,21). The second-order valence-electron chi connectivity index (χ2n) is 5.76. The van der Waals surface area contributed by atoms with E-state index in [0.29, 0.717) is 16.1 Å². The van der Waals surface area contributed by atoms with E-state index in [1.54, 1.807) is 0 Å². The van der Waals surface area contributed by atoms with Crippen molar-refractivity contribution in [1.82, 2.24) is 0 Å². The maximum Gasteiger partial charge on any atom is 0.342 e. The average Bonchev–Trinajstić information content (AvgIpc) is 3.35. The first kappa shape index (κ1) is 16.4. The number of nitrogens with one attached hydrogen (secondary N) is 1. The molecule has 1 saturated carbocycles. The molecule has 0 saturated heterocycles. The molecule has 3 rings (SSSR count). The van der Waals surface area contributed by atoms with Gasteiger partial charge < -0.3 is 10.1 Å². The first-order chi connectivity index (χ1) is 11.6. The molecule has 1 heterocycles. The van der Waals surface area contributed by atoms with E-state index < -0.39 is 5.97 Å². The summed E-state index contributed by atoms with van der Waals surface area (Å²) in [6.45, 7) is 1.08. The van der Waals surface area contributed by atoms with Gasteiger partial charge >= 0.3 is 5.97 Å². The van der Waals surface area contributed by atoms with Crippen LogP contribution in [0.5, 0.6) is 0 Å². The van der Waals surface area contributed by atoms with Crippen LogP contribution >= 0.6 is 11.3 Å². The van der Waals surface area contributed by atoms with Crippen LogP contribution in [0.2, 0.25) is 0 Å². The first-order valence-corrected chi connectivity index (χ1v) is 8.58. The molecule has 1 amide bonds. The Kier molecular flexibility index (Phi) is 4.76. The highest BCUT2D eigenvalue weighted by molar-refractivity contribution is 7.15. The number of hydrogen-bond donors (Lipinski definition) is 1. The molecule has 124 valence electrons. The van der Waals surface area contributed by atoms with Crippen LogP contribution < -0.4 is 5.32 Å². The molecule has 0 bridgehead atoms. The van der Waals surface area contributed by atoms with Gasteiger partial charge in [0.05, 0.1) is 0 Å². The summed E-state index contributed by atoms with van der Waals surface area (Å²) in [7, 11) is 0. The molecule has 5 nitrogen and oxygen atoms in total. The minimum atomic E-state index is -0.601. The molecule has 0 unspecified atom stereocenters. The second-order valence-corrected chi connectivity index (χ2v) is 6.64. The van der Waals surface area contributed by atoms with E-state index >= 15 is 0 Å². The van der Waals surface area contributed by atoms with E-state index in [2.05, 4.69) is 5.32 Å². The molecular formula is C18H17NO4S. The number of carbonyl (C=O) groups excluding carboxylic acids is 3. The quantitative estimate of drug-likeness (QED) is 0.815. The Morgan fingerprint density at radius 3 is 2.54 bits per heavy atom. The summed E-state index contributed by atoms with van der Waals surface area (Å²) in [6, 6.07) is 9.41. The molecule has 1 aromatic heterocycles. The number of anilines is 1. The summed E-state index contributed by atoms with van der Waals surface area (Å²) >= 11 is 1.29. The largest absolute Gasteiger partial charge is 0.454 e. The smallest absolute Gasteiger partial charge is 0.342 e. The fourth-order valence-electron chi connectivity index (χ4n) is 2.28. The third kappa shape index (κ3) is 3.71. The van der Waals surface area contributed by atoms with Crippen LogP contribution in [0.15, 0.2) is 35.7 Å². The SMILES string of the molecule is CC(=O)COC(=O)c1c(-c2ccccc2)csc1NC(=O)C1CC1. The number of benzene rings is 1. The van der Waals surface area contributed by atoms with Crippen LogP contribution in [0, 0.1) is 5.92 Å². The van der Waals surface area contributed by atoms with Crippen LogP contribution in [0.25, 0.3) is 11.1 Å². The van der Waals surface area contributed by atoms with Gasteiger partial charge in [-0.1, -0.05) is 30.3 Å². The fraction of sp³-hybridized carbons (Fsp3) is 0.278. The van der Waals surface area contributed by atoms with E-state index in [4.69, 9.17) is 4.74 Å². The minimum absolute atomic E-state index is 0.0355. The number of rotatable bonds is 6. The highest BCUT2D eigenvalue weighted by Gasteiger charge is 2.31. The maximum atomic E-state index is 12.5. The van der Waals surface area contributed by atoms with Crippen molar-refractivity contribution in [2.75, 3.05) is 11.9 Å². The number of hydrogen-bond acceptors (Lipinski definition) is 5. The molecule has 0 spiro atoms. The summed E-state index contributed by atoms with van der Waals surface area (Å²) < 4.78 is 5.08. The van der Waals surface area contributed by atoms with Gasteiger partial charge in [0, 0.05) is 16.9 Å².